The maximum atomic E-state index is 11.7. The van der Waals surface area contributed by atoms with Gasteiger partial charge in [-0.05, 0) is 20.3 Å². The Bertz CT molecular complexity index is 353. The number of carbonyl (C=O) groups is 2. The molecular weight excluding hydrogens is 232 g/mol. The van der Waals surface area contributed by atoms with E-state index >= 15 is 0 Å². The maximum absolute atomic E-state index is 11.7. The maximum Gasteiger partial charge on any atom is 0.321 e. The van der Waals surface area contributed by atoms with Crippen molar-refractivity contribution >= 4 is 11.9 Å². The van der Waals surface area contributed by atoms with Gasteiger partial charge in [-0.2, -0.15) is 0 Å². The molecule has 4 heteroatoms. The molecule has 0 aliphatic carbocycles. The third-order valence-corrected chi connectivity index (χ3v) is 2.07. The first-order valence-corrected chi connectivity index (χ1v) is 5.79. The summed E-state index contributed by atoms with van der Waals surface area (Å²) < 4.78 is 9.75. The predicted molar refractivity (Wildman–Crippen MR) is 67.2 cm³/mol. The van der Waals surface area contributed by atoms with Crippen LogP contribution in [0.1, 0.15) is 33.6 Å². The summed E-state index contributed by atoms with van der Waals surface area (Å²) in [6, 6.07) is 0. The summed E-state index contributed by atoms with van der Waals surface area (Å²) in [6.07, 6.45) is 1.09. The fraction of sp³-hybridized carbons (Fsp3) is 0.571. The SMILES string of the molecule is CC#CCOC(=O)C(CCC)C(=O)OCC#CC. The van der Waals surface area contributed by atoms with E-state index in [-0.39, 0.29) is 13.2 Å². The Balaban J connectivity index is 4.39. The molecule has 0 aromatic rings. The Morgan fingerprint density at radius 1 is 1.00 bits per heavy atom. The van der Waals surface area contributed by atoms with Gasteiger partial charge in [-0.15, -0.1) is 11.8 Å². The zero-order valence-corrected chi connectivity index (χ0v) is 11.0. The molecule has 0 N–H and O–H groups in total. The van der Waals surface area contributed by atoms with Crippen LogP contribution in [-0.2, 0) is 19.1 Å². The molecule has 98 valence electrons. The first-order valence-electron chi connectivity index (χ1n) is 5.79. The highest BCUT2D eigenvalue weighted by Gasteiger charge is 2.28. The quantitative estimate of drug-likeness (QED) is 0.407. The lowest BCUT2D eigenvalue weighted by atomic mass is 10.0. The molecule has 0 aromatic heterocycles. The van der Waals surface area contributed by atoms with Gasteiger partial charge in [0.15, 0.2) is 19.1 Å². The van der Waals surface area contributed by atoms with Gasteiger partial charge < -0.3 is 9.47 Å². The van der Waals surface area contributed by atoms with Gasteiger partial charge in [-0.3, -0.25) is 9.59 Å². The van der Waals surface area contributed by atoms with Crippen LogP contribution in [0.5, 0.6) is 0 Å². The van der Waals surface area contributed by atoms with Crippen LogP contribution in [0.3, 0.4) is 0 Å². The summed E-state index contributed by atoms with van der Waals surface area (Å²) in [5.41, 5.74) is 0. The van der Waals surface area contributed by atoms with E-state index in [1.807, 2.05) is 6.92 Å². The summed E-state index contributed by atoms with van der Waals surface area (Å²) in [5.74, 6) is 8.35. The van der Waals surface area contributed by atoms with Crippen LogP contribution in [0.25, 0.3) is 0 Å². The summed E-state index contributed by atoms with van der Waals surface area (Å²) in [5, 5.41) is 0. The molecule has 0 spiro atoms. The highest BCUT2D eigenvalue weighted by Crippen LogP contribution is 2.11. The minimum atomic E-state index is -0.882. The fourth-order valence-electron chi connectivity index (χ4n) is 1.18. The standard InChI is InChI=1S/C14H18O4/c1-4-7-10-17-13(15)12(9-6-3)14(16)18-11-8-5-2/h12H,6,9-11H2,1-3H3. The largest absolute Gasteiger partial charge is 0.452 e. The summed E-state index contributed by atoms with van der Waals surface area (Å²) in [6.45, 7) is 5.17. The van der Waals surface area contributed by atoms with Crippen LogP contribution in [0.4, 0.5) is 0 Å². The molecule has 0 unspecified atom stereocenters. The average Bonchev–Trinajstić information content (AvgIpc) is 2.36. The van der Waals surface area contributed by atoms with Crippen LogP contribution >= 0.6 is 0 Å². The normalized spacial score (nSPS) is 8.67. The van der Waals surface area contributed by atoms with Gasteiger partial charge >= 0.3 is 11.9 Å². The Kier molecular flexibility index (Phi) is 9.13. The van der Waals surface area contributed by atoms with Gasteiger partial charge in [-0.25, -0.2) is 0 Å². The Morgan fingerprint density at radius 3 is 1.78 bits per heavy atom. The first-order chi connectivity index (χ1) is 8.67. The van der Waals surface area contributed by atoms with E-state index < -0.39 is 17.9 Å². The van der Waals surface area contributed by atoms with Crippen LogP contribution in [0.2, 0.25) is 0 Å². The van der Waals surface area contributed by atoms with Crippen molar-refractivity contribution in [3.8, 4) is 23.7 Å². The minimum absolute atomic E-state index is 0.00239. The molecule has 0 saturated carbocycles. The van der Waals surface area contributed by atoms with Crippen molar-refractivity contribution in [1.82, 2.24) is 0 Å². The van der Waals surface area contributed by atoms with Crippen molar-refractivity contribution in [1.29, 1.82) is 0 Å². The zero-order valence-electron chi connectivity index (χ0n) is 11.0. The molecule has 0 atom stereocenters. The number of carbonyl (C=O) groups excluding carboxylic acids is 2. The van der Waals surface area contributed by atoms with Gasteiger partial charge in [0.25, 0.3) is 0 Å². The van der Waals surface area contributed by atoms with E-state index in [9.17, 15) is 9.59 Å². The molecule has 0 amide bonds. The molecule has 18 heavy (non-hydrogen) atoms. The van der Waals surface area contributed by atoms with Crippen LogP contribution in [0.15, 0.2) is 0 Å². The second-order valence-corrected chi connectivity index (χ2v) is 3.41. The third kappa shape index (κ3) is 6.60. The van der Waals surface area contributed by atoms with Gasteiger partial charge in [0, 0.05) is 0 Å². The lowest BCUT2D eigenvalue weighted by Crippen LogP contribution is -2.28. The predicted octanol–water partition coefficient (Wildman–Crippen LogP) is 1.54. The van der Waals surface area contributed by atoms with Gasteiger partial charge in [0.1, 0.15) is 0 Å². The number of ether oxygens (including phenoxy) is 2. The van der Waals surface area contributed by atoms with E-state index in [1.54, 1.807) is 13.8 Å². The smallest absolute Gasteiger partial charge is 0.321 e. The van der Waals surface area contributed by atoms with Crippen molar-refractivity contribution in [2.45, 2.75) is 33.6 Å². The lowest BCUT2D eigenvalue weighted by molar-refractivity contribution is -0.160. The Labute approximate surface area is 108 Å². The molecule has 0 rings (SSSR count). The highest BCUT2D eigenvalue weighted by molar-refractivity contribution is 5.94. The molecule has 0 saturated heterocycles. The van der Waals surface area contributed by atoms with Crippen molar-refractivity contribution < 1.29 is 19.1 Å². The summed E-state index contributed by atoms with van der Waals surface area (Å²) in [4.78, 5) is 23.3. The van der Waals surface area contributed by atoms with Crippen molar-refractivity contribution in [2.75, 3.05) is 13.2 Å². The average molecular weight is 250 g/mol. The Hall–Kier alpha value is -1.94. The van der Waals surface area contributed by atoms with Crippen LogP contribution < -0.4 is 0 Å². The number of rotatable bonds is 6. The van der Waals surface area contributed by atoms with Crippen molar-refractivity contribution in [2.24, 2.45) is 5.92 Å². The third-order valence-electron chi connectivity index (χ3n) is 2.07. The summed E-state index contributed by atoms with van der Waals surface area (Å²) >= 11 is 0. The molecule has 0 radical (unpaired) electrons. The number of esters is 2. The molecular formula is C14H18O4. The fourth-order valence-corrected chi connectivity index (χ4v) is 1.18. The molecule has 0 aliphatic rings. The van der Waals surface area contributed by atoms with E-state index in [0.717, 1.165) is 0 Å². The second-order valence-electron chi connectivity index (χ2n) is 3.41. The van der Waals surface area contributed by atoms with E-state index in [2.05, 4.69) is 23.7 Å². The molecule has 0 bridgehead atoms. The molecule has 0 fully saturated rings. The first kappa shape index (κ1) is 16.1. The summed E-state index contributed by atoms with van der Waals surface area (Å²) in [7, 11) is 0. The van der Waals surface area contributed by atoms with E-state index in [0.29, 0.717) is 12.8 Å². The minimum Gasteiger partial charge on any atom is -0.452 e. The molecule has 0 aliphatic heterocycles. The molecule has 0 heterocycles. The Morgan fingerprint density at radius 2 is 1.44 bits per heavy atom. The number of hydrogen-bond donors (Lipinski definition) is 0. The van der Waals surface area contributed by atoms with Gasteiger partial charge in [0.2, 0.25) is 0 Å². The van der Waals surface area contributed by atoms with Crippen molar-refractivity contribution in [3.63, 3.8) is 0 Å². The topological polar surface area (TPSA) is 52.6 Å². The van der Waals surface area contributed by atoms with Crippen molar-refractivity contribution in [3.05, 3.63) is 0 Å². The second kappa shape index (κ2) is 10.2. The van der Waals surface area contributed by atoms with E-state index in [4.69, 9.17) is 9.47 Å². The van der Waals surface area contributed by atoms with Gasteiger partial charge in [0.05, 0.1) is 0 Å². The van der Waals surface area contributed by atoms with E-state index in [1.165, 1.54) is 0 Å². The van der Waals surface area contributed by atoms with Gasteiger partial charge in [-0.1, -0.05) is 25.2 Å². The highest BCUT2D eigenvalue weighted by atomic mass is 16.6. The monoisotopic (exact) mass is 250 g/mol. The number of hydrogen-bond acceptors (Lipinski definition) is 4. The molecule has 0 aromatic carbocycles. The zero-order chi connectivity index (χ0) is 13.8. The molecule has 4 nitrogen and oxygen atoms in total. The van der Waals surface area contributed by atoms with Crippen LogP contribution in [0, 0.1) is 29.6 Å². The van der Waals surface area contributed by atoms with Crippen LogP contribution in [-0.4, -0.2) is 25.2 Å². The lowest BCUT2D eigenvalue weighted by Gasteiger charge is -2.12.